The van der Waals surface area contributed by atoms with Crippen LogP contribution in [0.25, 0.3) is 0 Å². The SMILES string of the molecule is N=C(N)c1ccc(Br)cc1O. The van der Waals surface area contributed by atoms with Crippen molar-refractivity contribution in [2.24, 2.45) is 5.73 Å². The van der Waals surface area contributed by atoms with Crippen molar-refractivity contribution in [2.45, 2.75) is 0 Å². The smallest absolute Gasteiger partial charge is 0.127 e. The van der Waals surface area contributed by atoms with Gasteiger partial charge in [-0.25, -0.2) is 0 Å². The first-order valence-electron chi connectivity index (χ1n) is 2.94. The molecule has 0 atom stereocenters. The van der Waals surface area contributed by atoms with Crippen LogP contribution in [0.5, 0.6) is 5.75 Å². The molecule has 1 aromatic carbocycles. The van der Waals surface area contributed by atoms with E-state index in [1.807, 2.05) is 0 Å². The number of hydrogen-bond donors (Lipinski definition) is 3. The Balaban J connectivity index is 3.20. The fraction of sp³-hybridized carbons (Fsp3) is 0. The topological polar surface area (TPSA) is 70.1 Å². The molecule has 0 heterocycles. The second kappa shape index (κ2) is 2.92. The number of rotatable bonds is 1. The van der Waals surface area contributed by atoms with Crippen molar-refractivity contribution in [3.8, 4) is 5.75 Å². The third kappa shape index (κ3) is 1.71. The average molecular weight is 215 g/mol. The van der Waals surface area contributed by atoms with Crippen molar-refractivity contribution in [3.05, 3.63) is 28.2 Å². The number of phenols is 1. The van der Waals surface area contributed by atoms with E-state index < -0.39 is 0 Å². The van der Waals surface area contributed by atoms with Crippen molar-refractivity contribution >= 4 is 21.8 Å². The molecule has 0 saturated heterocycles. The van der Waals surface area contributed by atoms with Crippen molar-refractivity contribution < 1.29 is 5.11 Å². The summed E-state index contributed by atoms with van der Waals surface area (Å²) in [5, 5.41) is 16.3. The summed E-state index contributed by atoms with van der Waals surface area (Å²) in [4.78, 5) is 0. The Kier molecular flexibility index (Phi) is 2.14. The molecule has 0 spiro atoms. The van der Waals surface area contributed by atoms with E-state index in [0.29, 0.717) is 5.56 Å². The summed E-state index contributed by atoms with van der Waals surface area (Å²) in [7, 11) is 0. The normalized spacial score (nSPS) is 9.55. The number of aromatic hydroxyl groups is 1. The van der Waals surface area contributed by atoms with Crippen molar-refractivity contribution in [3.63, 3.8) is 0 Å². The van der Waals surface area contributed by atoms with Gasteiger partial charge in [-0.2, -0.15) is 0 Å². The molecule has 11 heavy (non-hydrogen) atoms. The molecule has 4 heteroatoms. The number of halogens is 1. The summed E-state index contributed by atoms with van der Waals surface area (Å²) in [5.41, 5.74) is 5.53. The van der Waals surface area contributed by atoms with E-state index in [4.69, 9.17) is 11.1 Å². The Morgan fingerprint density at radius 1 is 1.55 bits per heavy atom. The third-order valence-electron chi connectivity index (χ3n) is 1.25. The van der Waals surface area contributed by atoms with Crippen molar-refractivity contribution in [1.29, 1.82) is 5.41 Å². The standard InChI is InChI=1S/C7H7BrN2O/c8-4-1-2-5(7(9)10)6(11)3-4/h1-3,11H,(H3,9,10). The van der Waals surface area contributed by atoms with E-state index in [-0.39, 0.29) is 11.6 Å². The number of benzene rings is 1. The number of phenolic OH excluding ortho intramolecular Hbond substituents is 1. The first kappa shape index (κ1) is 8.07. The van der Waals surface area contributed by atoms with Gasteiger partial charge in [-0.05, 0) is 18.2 Å². The molecule has 58 valence electrons. The molecule has 0 aromatic heterocycles. The minimum Gasteiger partial charge on any atom is -0.507 e. The molecule has 0 unspecified atom stereocenters. The largest absolute Gasteiger partial charge is 0.507 e. The summed E-state index contributed by atoms with van der Waals surface area (Å²) in [6.45, 7) is 0. The van der Waals surface area contributed by atoms with Crippen LogP contribution in [0.3, 0.4) is 0 Å². The average Bonchev–Trinajstić information content (AvgIpc) is 1.85. The number of nitrogens with two attached hydrogens (primary N) is 1. The highest BCUT2D eigenvalue weighted by Gasteiger charge is 2.02. The van der Waals surface area contributed by atoms with Crippen LogP contribution >= 0.6 is 15.9 Å². The molecule has 1 rings (SSSR count). The van der Waals surface area contributed by atoms with Gasteiger partial charge in [0.2, 0.25) is 0 Å². The van der Waals surface area contributed by atoms with E-state index in [2.05, 4.69) is 15.9 Å². The van der Waals surface area contributed by atoms with Crippen LogP contribution in [-0.4, -0.2) is 10.9 Å². The van der Waals surface area contributed by atoms with Crippen LogP contribution in [0.1, 0.15) is 5.56 Å². The van der Waals surface area contributed by atoms with E-state index in [1.54, 1.807) is 12.1 Å². The lowest BCUT2D eigenvalue weighted by Crippen LogP contribution is -2.10. The molecular weight excluding hydrogens is 208 g/mol. The Morgan fingerprint density at radius 3 is 2.64 bits per heavy atom. The molecule has 3 nitrogen and oxygen atoms in total. The zero-order valence-electron chi connectivity index (χ0n) is 5.63. The molecule has 0 radical (unpaired) electrons. The molecule has 0 fully saturated rings. The third-order valence-corrected chi connectivity index (χ3v) is 1.74. The minimum absolute atomic E-state index is 0.0203. The summed E-state index contributed by atoms with van der Waals surface area (Å²) in [6, 6.07) is 4.80. The molecule has 0 bridgehead atoms. The molecule has 4 N–H and O–H groups in total. The second-order valence-electron chi connectivity index (χ2n) is 2.08. The van der Waals surface area contributed by atoms with E-state index in [1.165, 1.54) is 6.07 Å². The van der Waals surface area contributed by atoms with Gasteiger partial charge in [-0.15, -0.1) is 0 Å². The Hall–Kier alpha value is -1.03. The highest BCUT2D eigenvalue weighted by molar-refractivity contribution is 9.10. The van der Waals surface area contributed by atoms with E-state index in [0.717, 1.165) is 4.47 Å². The van der Waals surface area contributed by atoms with Gasteiger partial charge in [0.05, 0.1) is 5.56 Å². The monoisotopic (exact) mass is 214 g/mol. The summed E-state index contributed by atoms with van der Waals surface area (Å²) >= 11 is 3.17. The minimum atomic E-state index is -0.130. The quantitative estimate of drug-likeness (QED) is 0.490. The molecule has 1 aromatic rings. The van der Waals surface area contributed by atoms with Gasteiger partial charge in [-0.1, -0.05) is 15.9 Å². The molecular formula is C7H7BrN2O. The van der Waals surface area contributed by atoms with Crippen LogP contribution in [-0.2, 0) is 0 Å². The first-order chi connectivity index (χ1) is 5.11. The maximum absolute atomic E-state index is 9.21. The van der Waals surface area contributed by atoms with Crippen LogP contribution in [0, 0.1) is 5.41 Å². The van der Waals surface area contributed by atoms with Crippen LogP contribution < -0.4 is 5.73 Å². The number of hydrogen-bond acceptors (Lipinski definition) is 2. The number of amidine groups is 1. The van der Waals surface area contributed by atoms with Gasteiger partial charge in [0, 0.05) is 4.47 Å². The van der Waals surface area contributed by atoms with Gasteiger partial charge < -0.3 is 10.8 Å². The maximum atomic E-state index is 9.21. The number of nitrogen functional groups attached to an aromatic ring is 1. The predicted octanol–water partition coefficient (Wildman–Crippen LogP) is 1.44. The number of nitrogens with one attached hydrogen (secondary N) is 1. The van der Waals surface area contributed by atoms with Crippen LogP contribution in [0.2, 0.25) is 0 Å². The molecule has 0 aliphatic carbocycles. The lowest BCUT2D eigenvalue weighted by Gasteiger charge is -2.01. The first-order valence-corrected chi connectivity index (χ1v) is 3.73. The Labute approximate surface area is 72.5 Å². The maximum Gasteiger partial charge on any atom is 0.127 e. The van der Waals surface area contributed by atoms with E-state index in [9.17, 15) is 5.11 Å². The summed E-state index contributed by atoms with van der Waals surface area (Å²) in [6.07, 6.45) is 0. The van der Waals surface area contributed by atoms with E-state index >= 15 is 0 Å². The molecule has 0 saturated carbocycles. The lowest BCUT2D eigenvalue weighted by atomic mass is 10.2. The zero-order chi connectivity index (χ0) is 8.43. The van der Waals surface area contributed by atoms with Gasteiger partial charge in [0.1, 0.15) is 11.6 Å². The second-order valence-corrected chi connectivity index (χ2v) is 2.99. The lowest BCUT2D eigenvalue weighted by molar-refractivity contribution is 0.473. The zero-order valence-corrected chi connectivity index (χ0v) is 7.22. The fourth-order valence-electron chi connectivity index (χ4n) is 0.733. The summed E-state index contributed by atoms with van der Waals surface area (Å²) < 4.78 is 0.764. The van der Waals surface area contributed by atoms with Gasteiger partial charge in [0.15, 0.2) is 0 Å². The van der Waals surface area contributed by atoms with Crippen molar-refractivity contribution in [1.82, 2.24) is 0 Å². The van der Waals surface area contributed by atoms with Gasteiger partial charge >= 0.3 is 0 Å². The fourth-order valence-corrected chi connectivity index (χ4v) is 1.08. The highest BCUT2D eigenvalue weighted by Crippen LogP contribution is 2.21. The van der Waals surface area contributed by atoms with Gasteiger partial charge in [-0.3, -0.25) is 5.41 Å². The summed E-state index contributed by atoms with van der Waals surface area (Å²) in [5.74, 6) is -0.109. The molecule has 0 amide bonds. The Morgan fingerprint density at radius 2 is 2.18 bits per heavy atom. The van der Waals surface area contributed by atoms with Crippen LogP contribution in [0.4, 0.5) is 0 Å². The predicted molar refractivity (Wildman–Crippen MR) is 46.8 cm³/mol. The van der Waals surface area contributed by atoms with Gasteiger partial charge in [0.25, 0.3) is 0 Å². The highest BCUT2D eigenvalue weighted by atomic mass is 79.9. The van der Waals surface area contributed by atoms with Crippen molar-refractivity contribution in [2.75, 3.05) is 0 Å². The van der Waals surface area contributed by atoms with Crippen LogP contribution in [0.15, 0.2) is 22.7 Å². The molecule has 0 aliphatic heterocycles. The Bertz CT molecular complexity index is 298. The molecule has 0 aliphatic rings.